The minimum atomic E-state index is -0.333. The number of rotatable bonds is 3. The number of likely N-dealkylation sites (tertiary alicyclic amines) is 1. The molecule has 98 valence electrons. The fourth-order valence-electron chi connectivity index (χ4n) is 1.93. The fourth-order valence-corrected chi connectivity index (χ4v) is 1.93. The number of hydrogen-bond acceptors (Lipinski definition) is 5. The van der Waals surface area contributed by atoms with Crippen molar-refractivity contribution < 1.29 is 14.0 Å². The Balaban J connectivity index is 1.94. The van der Waals surface area contributed by atoms with Gasteiger partial charge in [0.25, 0.3) is 0 Å². The smallest absolute Gasteiger partial charge is 0.246 e. The van der Waals surface area contributed by atoms with E-state index in [2.05, 4.69) is 10.3 Å². The highest BCUT2D eigenvalue weighted by molar-refractivity contribution is 6.00. The maximum atomic E-state index is 11.8. The van der Waals surface area contributed by atoms with Crippen LogP contribution in [-0.4, -0.2) is 34.8 Å². The summed E-state index contributed by atoms with van der Waals surface area (Å²) in [6, 6.07) is -0.333. The number of oxazole rings is 1. The zero-order chi connectivity index (χ0) is 13.3. The molecule has 2 heterocycles. The van der Waals surface area contributed by atoms with Crippen molar-refractivity contribution in [1.82, 2.24) is 15.2 Å². The lowest BCUT2D eigenvalue weighted by molar-refractivity contribution is -0.148. The summed E-state index contributed by atoms with van der Waals surface area (Å²) >= 11 is 0. The summed E-state index contributed by atoms with van der Waals surface area (Å²) in [5, 5.41) is 3.08. The highest BCUT2D eigenvalue weighted by Crippen LogP contribution is 2.13. The number of hydrogen-bond donors (Lipinski definition) is 1. The second-order valence-electron chi connectivity index (χ2n) is 4.51. The van der Waals surface area contributed by atoms with Gasteiger partial charge in [0.1, 0.15) is 5.76 Å². The number of carbonyl (C=O) groups excluding carboxylic acids is 2. The maximum Gasteiger partial charge on any atom is 0.246 e. The molecule has 0 bridgehead atoms. The Kier molecular flexibility index (Phi) is 3.47. The summed E-state index contributed by atoms with van der Waals surface area (Å²) in [6.45, 7) is 4.12. The zero-order valence-electron chi connectivity index (χ0n) is 10.8. The molecule has 1 fully saturated rings. The van der Waals surface area contributed by atoms with Crippen molar-refractivity contribution in [3.8, 4) is 0 Å². The molecule has 1 aliphatic heterocycles. The van der Waals surface area contributed by atoms with Crippen molar-refractivity contribution in [3.05, 3.63) is 17.3 Å². The van der Waals surface area contributed by atoms with Crippen LogP contribution >= 0.6 is 0 Å². The van der Waals surface area contributed by atoms with E-state index >= 15 is 0 Å². The molecule has 1 saturated heterocycles. The van der Waals surface area contributed by atoms with Gasteiger partial charge in [-0.25, -0.2) is 4.98 Å². The van der Waals surface area contributed by atoms with Gasteiger partial charge in [0.15, 0.2) is 0 Å². The van der Waals surface area contributed by atoms with Crippen molar-refractivity contribution in [2.75, 3.05) is 7.05 Å². The average Bonchev–Trinajstić information content (AvgIpc) is 2.65. The third kappa shape index (κ3) is 2.43. The number of aryl methyl sites for hydroxylation is 2. The highest BCUT2D eigenvalue weighted by Gasteiger charge is 2.31. The predicted octanol–water partition coefficient (Wildman–Crippen LogP) is 0.528. The normalized spacial score (nSPS) is 20.6. The summed E-state index contributed by atoms with van der Waals surface area (Å²) in [6.07, 6.45) is 0.921. The monoisotopic (exact) mass is 251 g/mol. The van der Waals surface area contributed by atoms with E-state index in [1.165, 1.54) is 11.9 Å². The summed E-state index contributed by atoms with van der Waals surface area (Å²) in [5.41, 5.74) is 0.856. The molecule has 18 heavy (non-hydrogen) atoms. The van der Waals surface area contributed by atoms with Gasteiger partial charge in [-0.05, 0) is 20.3 Å². The average molecular weight is 251 g/mol. The molecule has 0 radical (unpaired) electrons. The fraction of sp³-hybridized carbons (Fsp3) is 0.583. The SMILES string of the molecule is Cc1nc(CNC2CCC(=O)N(C)C2=O)oc1C. The Morgan fingerprint density at radius 3 is 2.78 bits per heavy atom. The summed E-state index contributed by atoms with van der Waals surface area (Å²) in [4.78, 5) is 28.5. The van der Waals surface area contributed by atoms with Crippen LogP contribution in [-0.2, 0) is 16.1 Å². The molecule has 0 spiro atoms. The van der Waals surface area contributed by atoms with Crippen LogP contribution in [0.3, 0.4) is 0 Å². The van der Waals surface area contributed by atoms with Crippen molar-refractivity contribution in [3.63, 3.8) is 0 Å². The number of imide groups is 1. The predicted molar refractivity (Wildman–Crippen MR) is 63.6 cm³/mol. The topological polar surface area (TPSA) is 75.4 Å². The van der Waals surface area contributed by atoms with Crippen LogP contribution in [0.2, 0.25) is 0 Å². The Bertz CT molecular complexity index is 461. The summed E-state index contributed by atoms with van der Waals surface area (Å²) < 4.78 is 5.42. The first-order valence-electron chi connectivity index (χ1n) is 5.95. The highest BCUT2D eigenvalue weighted by atomic mass is 16.4. The van der Waals surface area contributed by atoms with Crippen molar-refractivity contribution >= 4 is 11.8 Å². The lowest BCUT2D eigenvalue weighted by Crippen LogP contribution is -2.51. The molecule has 1 aromatic rings. The Morgan fingerprint density at radius 1 is 1.44 bits per heavy atom. The van der Waals surface area contributed by atoms with Crippen LogP contribution < -0.4 is 5.32 Å². The van der Waals surface area contributed by atoms with Crippen LogP contribution in [0.1, 0.15) is 30.2 Å². The van der Waals surface area contributed by atoms with Gasteiger partial charge in [0.05, 0.1) is 18.3 Å². The minimum Gasteiger partial charge on any atom is -0.444 e. The van der Waals surface area contributed by atoms with E-state index in [1.54, 1.807) is 0 Å². The van der Waals surface area contributed by atoms with E-state index in [-0.39, 0.29) is 17.9 Å². The van der Waals surface area contributed by atoms with Gasteiger partial charge in [-0.15, -0.1) is 0 Å². The van der Waals surface area contributed by atoms with E-state index in [1.807, 2.05) is 13.8 Å². The van der Waals surface area contributed by atoms with Gasteiger partial charge < -0.3 is 4.42 Å². The van der Waals surface area contributed by atoms with Gasteiger partial charge in [0, 0.05) is 13.5 Å². The molecule has 2 rings (SSSR count). The van der Waals surface area contributed by atoms with E-state index in [4.69, 9.17) is 4.42 Å². The minimum absolute atomic E-state index is 0.124. The molecule has 1 unspecified atom stereocenters. The number of nitrogens with one attached hydrogen (secondary N) is 1. The number of piperidine rings is 1. The van der Waals surface area contributed by atoms with Gasteiger partial charge in [0.2, 0.25) is 17.7 Å². The quantitative estimate of drug-likeness (QED) is 0.793. The third-order valence-corrected chi connectivity index (χ3v) is 3.22. The van der Waals surface area contributed by atoms with Crippen LogP contribution in [0.25, 0.3) is 0 Å². The maximum absolute atomic E-state index is 11.8. The second-order valence-corrected chi connectivity index (χ2v) is 4.51. The number of nitrogens with zero attached hydrogens (tertiary/aromatic N) is 2. The molecule has 1 atom stereocenters. The molecule has 0 aromatic carbocycles. The molecule has 2 amide bonds. The largest absolute Gasteiger partial charge is 0.444 e. The molecule has 6 nitrogen and oxygen atoms in total. The van der Waals surface area contributed by atoms with Gasteiger partial charge in [-0.3, -0.25) is 19.8 Å². The van der Waals surface area contributed by atoms with E-state index in [0.29, 0.717) is 25.3 Å². The molecule has 1 aliphatic rings. The first-order valence-corrected chi connectivity index (χ1v) is 5.95. The van der Waals surface area contributed by atoms with Crippen LogP contribution in [0, 0.1) is 13.8 Å². The lowest BCUT2D eigenvalue weighted by Gasteiger charge is -2.27. The number of carbonyl (C=O) groups is 2. The van der Waals surface area contributed by atoms with Crippen LogP contribution in [0.5, 0.6) is 0 Å². The van der Waals surface area contributed by atoms with Gasteiger partial charge >= 0.3 is 0 Å². The first-order chi connectivity index (χ1) is 8.49. The molecule has 1 N–H and O–H groups in total. The van der Waals surface area contributed by atoms with Crippen LogP contribution in [0.15, 0.2) is 4.42 Å². The molecule has 1 aromatic heterocycles. The van der Waals surface area contributed by atoms with Crippen molar-refractivity contribution in [2.24, 2.45) is 0 Å². The Hall–Kier alpha value is -1.69. The van der Waals surface area contributed by atoms with E-state index < -0.39 is 0 Å². The summed E-state index contributed by atoms with van der Waals surface area (Å²) in [5.74, 6) is 1.04. The first kappa shape index (κ1) is 12.8. The number of amides is 2. The molecular weight excluding hydrogens is 234 g/mol. The van der Waals surface area contributed by atoms with Gasteiger partial charge in [-0.2, -0.15) is 0 Å². The molecule has 6 heteroatoms. The molecule has 0 saturated carbocycles. The molecular formula is C12H17N3O3. The second kappa shape index (κ2) is 4.89. The van der Waals surface area contributed by atoms with E-state index in [0.717, 1.165) is 11.5 Å². The Morgan fingerprint density at radius 2 is 2.17 bits per heavy atom. The molecule has 0 aliphatic carbocycles. The standard InChI is InChI=1S/C12H17N3O3/c1-7-8(2)18-10(14-7)6-13-9-4-5-11(16)15(3)12(9)17/h9,13H,4-6H2,1-3H3. The zero-order valence-corrected chi connectivity index (χ0v) is 10.8. The van der Waals surface area contributed by atoms with Crippen LogP contribution in [0.4, 0.5) is 0 Å². The summed E-state index contributed by atoms with van der Waals surface area (Å²) in [7, 11) is 1.51. The number of likely N-dealkylation sites (N-methyl/N-ethyl adjacent to an activating group) is 1. The van der Waals surface area contributed by atoms with Gasteiger partial charge in [-0.1, -0.05) is 0 Å². The Labute approximate surface area is 105 Å². The lowest BCUT2D eigenvalue weighted by atomic mass is 10.0. The van der Waals surface area contributed by atoms with Crippen molar-refractivity contribution in [1.29, 1.82) is 0 Å². The number of aromatic nitrogens is 1. The van der Waals surface area contributed by atoms with E-state index in [9.17, 15) is 9.59 Å². The van der Waals surface area contributed by atoms with Crippen molar-refractivity contribution in [2.45, 2.75) is 39.3 Å². The third-order valence-electron chi connectivity index (χ3n) is 3.22.